The Kier molecular flexibility index (Phi) is 8.51. The maximum Gasteiger partial charge on any atom is 0.309 e. The Bertz CT molecular complexity index is 1050. The van der Waals surface area contributed by atoms with E-state index in [9.17, 15) is 20.1 Å². The second-order valence-corrected chi connectivity index (χ2v) is 6.51. The molecule has 0 atom stereocenters. The SMILES string of the molecule is N#CC(/C=C/C=C(\C#N)c1cc[n+](CCC(=O)O)cc1)=C1C=CN(CCC(=O)O)C=C1. The van der Waals surface area contributed by atoms with Crippen molar-refractivity contribution in [2.45, 2.75) is 19.4 Å². The molecule has 1 aromatic heterocycles. The zero-order chi connectivity index (χ0) is 22.6. The van der Waals surface area contributed by atoms with Gasteiger partial charge < -0.3 is 15.1 Å². The van der Waals surface area contributed by atoms with Crippen molar-refractivity contribution in [2.75, 3.05) is 6.54 Å². The topological polar surface area (TPSA) is 129 Å². The Morgan fingerprint density at radius 2 is 1.68 bits per heavy atom. The number of nitriles is 2. The summed E-state index contributed by atoms with van der Waals surface area (Å²) in [5.74, 6) is -1.75. The third-order valence-electron chi connectivity index (χ3n) is 4.34. The molecule has 8 nitrogen and oxygen atoms in total. The van der Waals surface area contributed by atoms with Crippen LogP contribution in [0.25, 0.3) is 5.57 Å². The van der Waals surface area contributed by atoms with Gasteiger partial charge in [0, 0.05) is 36.6 Å². The van der Waals surface area contributed by atoms with Crippen LogP contribution in [0.2, 0.25) is 0 Å². The second-order valence-electron chi connectivity index (χ2n) is 6.51. The molecule has 0 aromatic carbocycles. The number of carboxylic acid groups (broad SMARTS) is 2. The standard InChI is InChI=1S/C23H20N4O4/c24-16-20(18-4-10-26(11-5-18)14-8-22(28)29)2-1-3-21(17-25)19-6-12-27(13-7-19)15-9-23(30)31/h1-7,10-13H,8-9,14-15H2,(H-,28,29,30,31)/p+1. The molecule has 31 heavy (non-hydrogen) atoms. The van der Waals surface area contributed by atoms with Gasteiger partial charge in [-0.25, -0.2) is 4.57 Å². The molecule has 156 valence electrons. The molecule has 0 spiro atoms. The highest BCUT2D eigenvalue weighted by molar-refractivity contribution is 5.77. The number of rotatable bonds is 9. The van der Waals surface area contributed by atoms with E-state index in [-0.39, 0.29) is 12.8 Å². The lowest BCUT2D eigenvalue weighted by atomic mass is 10.1. The first kappa shape index (κ1) is 22.9. The van der Waals surface area contributed by atoms with Crippen molar-refractivity contribution in [1.29, 1.82) is 10.5 Å². The molecular weight excluding hydrogens is 396 g/mol. The third kappa shape index (κ3) is 7.48. The summed E-state index contributed by atoms with van der Waals surface area (Å²) < 4.78 is 1.72. The fourth-order valence-corrected chi connectivity index (χ4v) is 2.66. The van der Waals surface area contributed by atoms with Gasteiger partial charge in [-0.15, -0.1) is 0 Å². The van der Waals surface area contributed by atoms with Gasteiger partial charge in [0.25, 0.3) is 0 Å². The number of carbonyl (C=O) groups is 2. The van der Waals surface area contributed by atoms with Gasteiger partial charge in [0.15, 0.2) is 18.9 Å². The molecule has 0 amide bonds. The number of aliphatic carboxylic acids is 2. The molecule has 0 fully saturated rings. The minimum atomic E-state index is -0.877. The Morgan fingerprint density at radius 3 is 2.23 bits per heavy atom. The molecule has 2 rings (SSSR count). The summed E-state index contributed by atoms with van der Waals surface area (Å²) in [6, 6.07) is 7.68. The Hall–Kier alpha value is -4.43. The summed E-state index contributed by atoms with van der Waals surface area (Å²) in [5, 5.41) is 36.3. The maximum atomic E-state index is 10.6. The van der Waals surface area contributed by atoms with Crippen LogP contribution in [-0.4, -0.2) is 33.6 Å². The van der Waals surface area contributed by atoms with Gasteiger partial charge in [0.05, 0.1) is 29.7 Å². The van der Waals surface area contributed by atoms with Crippen molar-refractivity contribution < 1.29 is 24.4 Å². The highest BCUT2D eigenvalue weighted by Crippen LogP contribution is 2.16. The van der Waals surface area contributed by atoms with Crippen LogP contribution in [-0.2, 0) is 16.1 Å². The fraction of sp³-hybridized carbons (Fsp3) is 0.174. The number of aryl methyl sites for hydroxylation is 1. The van der Waals surface area contributed by atoms with Crippen molar-refractivity contribution in [2.24, 2.45) is 0 Å². The van der Waals surface area contributed by atoms with E-state index in [1.54, 1.807) is 76.8 Å². The van der Waals surface area contributed by atoms with E-state index < -0.39 is 11.9 Å². The van der Waals surface area contributed by atoms with Gasteiger partial charge in [0.2, 0.25) is 0 Å². The number of hydrogen-bond acceptors (Lipinski definition) is 5. The molecule has 0 radical (unpaired) electrons. The number of nitrogens with zero attached hydrogens (tertiary/aromatic N) is 4. The van der Waals surface area contributed by atoms with Gasteiger partial charge >= 0.3 is 11.9 Å². The molecule has 0 unspecified atom stereocenters. The summed E-state index contributed by atoms with van der Waals surface area (Å²) in [4.78, 5) is 23.0. The first-order valence-electron chi connectivity index (χ1n) is 9.41. The minimum Gasteiger partial charge on any atom is -0.481 e. The lowest BCUT2D eigenvalue weighted by Gasteiger charge is -2.17. The molecule has 0 bridgehead atoms. The highest BCUT2D eigenvalue weighted by Gasteiger charge is 2.08. The van der Waals surface area contributed by atoms with Crippen molar-refractivity contribution in [3.63, 3.8) is 0 Å². The minimum absolute atomic E-state index is 0.0134. The van der Waals surface area contributed by atoms with Gasteiger partial charge in [-0.05, 0) is 29.9 Å². The third-order valence-corrected chi connectivity index (χ3v) is 4.34. The molecule has 1 aliphatic rings. The lowest BCUT2D eigenvalue weighted by Crippen LogP contribution is -2.33. The molecule has 0 saturated carbocycles. The van der Waals surface area contributed by atoms with Gasteiger partial charge in [-0.3, -0.25) is 9.59 Å². The molecule has 2 heterocycles. The molecule has 0 saturated heterocycles. The summed E-state index contributed by atoms with van der Waals surface area (Å²) in [7, 11) is 0. The Labute approximate surface area is 179 Å². The fourth-order valence-electron chi connectivity index (χ4n) is 2.66. The molecule has 1 aromatic rings. The molecular formula is C23H21N4O4+. The number of hydrogen-bond donors (Lipinski definition) is 2. The Balaban J connectivity index is 2.09. The van der Waals surface area contributed by atoms with E-state index >= 15 is 0 Å². The number of allylic oxidation sites excluding steroid dienone is 8. The van der Waals surface area contributed by atoms with E-state index in [4.69, 9.17) is 10.2 Å². The summed E-state index contributed by atoms with van der Waals surface area (Å²) in [6.07, 6.45) is 15.2. The van der Waals surface area contributed by atoms with Crippen molar-refractivity contribution >= 4 is 17.5 Å². The molecule has 1 aliphatic heterocycles. The average Bonchev–Trinajstić information content (AvgIpc) is 2.77. The lowest BCUT2D eigenvalue weighted by molar-refractivity contribution is -0.696. The smallest absolute Gasteiger partial charge is 0.309 e. The van der Waals surface area contributed by atoms with Crippen LogP contribution in [0.1, 0.15) is 18.4 Å². The summed E-state index contributed by atoms with van der Waals surface area (Å²) in [5.41, 5.74) is 2.16. The van der Waals surface area contributed by atoms with Gasteiger partial charge in [-0.2, -0.15) is 10.5 Å². The van der Waals surface area contributed by atoms with Crippen LogP contribution in [0, 0.1) is 22.7 Å². The monoisotopic (exact) mass is 417 g/mol. The van der Waals surface area contributed by atoms with E-state index in [1.807, 2.05) is 0 Å². The predicted molar refractivity (Wildman–Crippen MR) is 111 cm³/mol. The van der Waals surface area contributed by atoms with Crippen LogP contribution in [0.4, 0.5) is 0 Å². The van der Waals surface area contributed by atoms with Gasteiger partial charge in [-0.1, -0.05) is 6.08 Å². The van der Waals surface area contributed by atoms with Crippen molar-refractivity contribution in [1.82, 2.24) is 4.90 Å². The van der Waals surface area contributed by atoms with Crippen LogP contribution < -0.4 is 4.57 Å². The predicted octanol–water partition coefficient (Wildman–Crippen LogP) is 2.55. The van der Waals surface area contributed by atoms with E-state index in [0.717, 1.165) is 0 Å². The Morgan fingerprint density at radius 1 is 1.03 bits per heavy atom. The molecule has 2 N–H and O–H groups in total. The summed E-state index contributed by atoms with van der Waals surface area (Å²) >= 11 is 0. The van der Waals surface area contributed by atoms with E-state index in [2.05, 4.69) is 12.1 Å². The molecule has 8 heteroatoms. The first-order valence-corrected chi connectivity index (χ1v) is 9.41. The zero-order valence-electron chi connectivity index (χ0n) is 16.7. The maximum absolute atomic E-state index is 10.6. The zero-order valence-corrected chi connectivity index (χ0v) is 16.7. The number of aromatic nitrogens is 1. The van der Waals surface area contributed by atoms with E-state index in [0.29, 0.717) is 35.4 Å². The largest absolute Gasteiger partial charge is 0.481 e. The van der Waals surface area contributed by atoms with Crippen LogP contribution >= 0.6 is 0 Å². The van der Waals surface area contributed by atoms with Crippen LogP contribution in [0.3, 0.4) is 0 Å². The van der Waals surface area contributed by atoms with Crippen LogP contribution in [0.15, 0.2) is 78.5 Å². The quantitative estimate of drug-likeness (QED) is 0.359. The summed E-state index contributed by atoms with van der Waals surface area (Å²) in [6.45, 7) is 0.685. The van der Waals surface area contributed by atoms with E-state index in [1.165, 1.54) is 0 Å². The van der Waals surface area contributed by atoms with Crippen LogP contribution in [0.5, 0.6) is 0 Å². The van der Waals surface area contributed by atoms with Crippen molar-refractivity contribution in [3.05, 3.63) is 84.0 Å². The van der Waals surface area contributed by atoms with Gasteiger partial charge in [0.1, 0.15) is 6.42 Å². The second kappa shape index (κ2) is 11.5. The highest BCUT2D eigenvalue weighted by atomic mass is 16.4. The average molecular weight is 417 g/mol. The first-order chi connectivity index (χ1) is 14.9. The number of pyridine rings is 1. The van der Waals surface area contributed by atoms with Crippen molar-refractivity contribution in [3.8, 4) is 12.1 Å². The molecule has 0 aliphatic carbocycles. The normalized spacial score (nSPS) is 13.2. The number of carboxylic acids is 2.